The van der Waals surface area contributed by atoms with Crippen molar-refractivity contribution < 1.29 is 13.9 Å². The van der Waals surface area contributed by atoms with Crippen molar-refractivity contribution >= 4 is 17.1 Å². The van der Waals surface area contributed by atoms with Crippen molar-refractivity contribution in [3.8, 4) is 17.2 Å². The molecule has 2 aromatic carbocycles. The van der Waals surface area contributed by atoms with Crippen molar-refractivity contribution in [1.29, 1.82) is 0 Å². The lowest BCUT2D eigenvalue weighted by molar-refractivity contribution is 0.209. The number of anilines is 1. The van der Waals surface area contributed by atoms with Gasteiger partial charge < -0.3 is 23.8 Å². The van der Waals surface area contributed by atoms with Crippen LogP contribution in [-0.2, 0) is 6.54 Å². The maximum absolute atomic E-state index is 6.04. The summed E-state index contributed by atoms with van der Waals surface area (Å²) < 4.78 is 20.0. The Morgan fingerprint density at radius 3 is 2.29 bits per heavy atom. The van der Waals surface area contributed by atoms with E-state index in [9.17, 15) is 0 Å². The van der Waals surface area contributed by atoms with Crippen LogP contribution in [0, 0.1) is 0 Å². The molecule has 5 rings (SSSR count). The lowest BCUT2D eigenvalue weighted by Gasteiger charge is -2.32. The number of oxazole rings is 1. The van der Waals surface area contributed by atoms with Crippen molar-refractivity contribution in [2.24, 2.45) is 0 Å². The molecule has 178 valence electrons. The molecule has 0 amide bonds. The summed E-state index contributed by atoms with van der Waals surface area (Å²) in [7, 11) is 0. The lowest BCUT2D eigenvalue weighted by atomic mass is 10.0. The van der Waals surface area contributed by atoms with E-state index in [0.29, 0.717) is 25.3 Å². The molecule has 1 fully saturated rings. The monoisotopic (exact) mass is 460 g/mol. The number of aromatic nitrogens is 2. The molecule has 7 heteroatoms. The Hall–Kier alpha value is -3.45. The molecule has 0 radical (unpaired) electrons. The minimum Gasteiger partial charge on any atom is -0.492 e. The van der Waals surface area contributed by atoms with Crippen LogP contribution in [0.25, 0.3) is 16.8 Å². The van der Waals surface area contributed by atoms with E-state index in [1.54, 1.807) is 0 Å². The predicted octanol–water partition coefficient (Wildman–Crippen LogP) is 5.49. The smallest absolute Gasteiger partial charge is 0.295 e. The van der Waals surface area contributed by atoms with Crippen LogP contribution in [0.4, 0.5) is 6.01 Å². The van der Waals surface area contributed by atoms with E-state index in [4.69, 9.17) is 13.9 Å². The quantitative estimate of drug-likeness (QED) is 0.356. The molecule has 0 spiro atoms. The zero-order valence-corrected chi connectivity index (χ0v) is 19.9. The minimum absolute atomic E-state index is 0.360. The Kier molecular flexibility index (Phi) is 6.72. The summed E-state index contributed by atoms with van der Waals surface area (Å²) in [5, 5.41) is 3.48. The number of nitrogens with one attached hydrogen (secondary N) is 1. The Morgan fingerprint density at radius 2 is 1.65 bits per heavy atom. The van der Waals surface area contributed by atoms with Crippen LogP contribution in [0.1, 0.15) is 32.3 Å². The van der Waals surface area contributed by atoms with Crippen molar-refractivity contribution in [3.05, 3.63) is 66.5 Å². The van der Waals surface area contributed by atoms with Gasteiger partial charge in [0.1, 0.15) is 22.7 Å². The number of hydrogen-bond acceptors (Lipinski definition) is 6. The van der Waals surface area contributed by atoms with Crippen molar-refractivity contribution in [2.75, 3.05) is 31.6 Å². The highest BCUT2D eigenvalue weighted by Crippen LogP contribution is 2.35. The first-order chi connectivity index (χ1) is 16.7. The van der Waals surface area contributed by atoms with E-state index in [1.165, 1.54) is 5.56 Å². The topological polar surface area (TPSA) is 64.7 Å². The maximum atomic E-state index is 6.04. The number of ether oxygens (including phenoxy) is 2. The second-order valence-electron chi connectivity index (χ2n) is 8.58. The number of fused-ring (bicyclic) bond motifs is 1. The average molecular weight is 461 g/mol. The van der Waals surface area contributed by atoms with Gasteiger partial charge in [-0.05, 0) is 68.7 Å². The second-order valence-corrected chi connectivity index (χ2v) is 8.58. The molecular formula is C27H32N4O3. The average Bonchev–Trinajstić information content (AvgIpc) is 3.50. The van der Waals surface area contributed by atoms with E-state index in [0.717, 1.165) is 60.8 Å². The van der Waals surface area contributed by atoms with Crippen molar-refractivity contribution in [1.82, 2.24) is 14.5 Å². The van der Waals surface area contributed by atoms with Crippen LogP contribution in [-0.4, -0.2) is 46.8 Å². The van der Waals surface area contributed by atoms with E-state index < -0.39 is 0 Å². The van der Waals surface area contributed by atoms with Gasteiger partial charge in [-0.15, -0.1) is 0 Å². The molecule has 0 bridgehead atoms. The zero-order chi connectivity index (χ0) is 23.3. The summed E-state index contributed by atoms with van der Waals surface area (Å²) in [5.41, 5.74) is 3.87. The van der Waals surface area contributed by atoms with Gasteiger partial charge in [0.2, 0.25) is 0 Å². The Balaban J connectivity index is 1.26. The van der Waals surface area contributed by atoms with Gasteiger partial charge in [-0.2, -0.15) is 4.98 Å². The van der Waals surface area contributed by atoms with Crippen molar-refractivity contribution in [3.63, 3.8) is 0 Å². The number of benzene rings is 2. The third-order valence-corrected chi connectivity index (χ3v) is 6.18. The standard InChI is InChI=1S/C27H32N4O3/c1-3-32-24-17-20(18-25(33-4-2)26(24)31-13-7-8-14-31)19-30-15-11-21(12-16-30)28-27-29-22-9-5-6-10-23(22)34-27/h5-10,13-14,17-18,21H,3-4,11-12,15-16,19H2,1-2H3,(H,28,29). The molecule has 1 aliphatic rings. The number of hydrogen-bond donors (Lipinski definition) is 1. The molecule has 7 nitrogen and oxygen atoms in total. The number of rotatable bonds is 9. The molecule has 1 aliphatic heterocycles. The molecule has 0 aliphatic carbocycles. The van der Waals surface area contributed by atoms with Crippen LogP contribution < -0.4 is 14.8 Å². The first kappa shape index (κ1) is 22.3. The molecular weight excluding hydrogens is 428 g/mol. The van der Waals surface area contributed by atoms with E-state index in [2.05, 4.69) is 31.9 Å². The third kappa shape index (κ3) is 4.89. The van der Waals surface area contributed by atoms with E-state index in [1.807, 2.05) is 62.6 Å². The van der Waals surface area contributed by atoms with Gasteiger partial charge in [-0.3, -0.25) is 4.90 Å². The summed E-state index contributed by atoms with van der Waals surface area (Å²) in [6.07, 6.45) is 6.12. The molecule has 0 saturated carbocycles. The van der Waals surface area contributed by atoms with Gasteiger partial charge in [-0.25, -0.2) is 0 Å². The summed E-state index contributed by atoms with van der Waals surface area (Å²) in [6, 6.07) is 17.2. The van der Waals surface area contributed by atoms with Gasteiger partial charge in [0.05, 0.1) is 13.2 Å². The van der Waals surface area contributed by atoms with Crippen LogP contribution in [0.15, 0.2) is 65.3 Å². The summed E-state index contributed by atoms with van der Waals surface area (Å²) in [5.74, 6) is 1.71. The van der Waals surface area contributed by atoms with Gasteiger partial charge in [0, 0.05) is 38.1 Å². The predicted molar refractivity (Wildman–Crippen MR) is 134 cm³/mol. The first-order valence-corrected chi connectivity index (χ1v) is 12.1. The fourth-order valence-corrected chi connectivity index (χ4v) is 4.60. The van der Waals surface area contributed by atoms with Crippen LogP contribution >= 0.6 is 0 Å². The molecule has 0 unspecified atom stereocenters. The molecule has 2 aromatic heterocycles. The summed E-state index contributed by atoms with van der Waals surface area (Å²) >= 11 is 0. The highest BCUT2D eigenvalue weighted by Gasteiger charge is 2.22. The van der Waals surface area contributed by atoms with Crippen LogP contribution in [0.3, 0.4) is 0 Å². The van der Waals surface area contributed by atoms with E-state index in [-0.39, 0.29) is 0 Å². The molecule has 0 atom stereocenters. The van der Waals surface area contributed by atoms with Crippen molar-refractivity contribution in [2.45, 2.75) is 39.3 Å². The lowest BCUT2D eigenvalue weighted by Crippen LogP contribution is -2.38. The number of piperidine rings is 1. The van der Waals surface area contributed by atoms with Gasteiger partial charge in [0.25, 0.3) is 6.01 Å². The van der Waals surface area contributed by atoms with E-state index >= 15 is 0 Å². The highest BCUT2D eigenvalue weighted by molar-refractivity contribution is 5.74. The highest BCUT2D eigenvalue weighted by atomic mass is 16.5. The van der Waals surface area contributed by atoms with Gasteiger partial charge in [0.15, 0.2) is 5.58 Å². The SMILES string of the molecule is CCOc1cc(CN2CCC(Nc3nc4ccccc4o3)CC2)cc(OCC)c1-n1cccc1. The second kappa shape index (κ2) is 10.2. The molecule has 4 aromatic rings. The first-order valence-electron chi connectivity index (χ1n) is 12.1. The van der Waals surface area contributed by atoms with Gasteiger partial charge >= 0.3 is 0 Å². The van der Waals surface area contributed by atoms with Gasteiger partial charge in [-0.1, -0.05) is 12.1 Å². The number of para-hydroxylation sites is 2. The third-order valence-electron chi connectivity index (χ3n) is 6.18. The van der Waals surface area contributed by atoms with Crippen LogP contribution in [0.5, 0.6) is 11.5 Å². The maximum Gasteiger partial charge on any atom is 0.295 e. The number of nitrogens with zero attached hydrogens (tertiary/aromatic N) is 3. The largest absolute Gasteiger partial charge is 0.492 e. The molecule has 34 heavy (non-hydrogen) atoms. The Morgan fingerprint density at radius 1 is 0.971 bits per heavy atom. The summed E-state index contributed by atoms with van der Waals surface area (Å²) in [4.78, 5) is 7.04. The molecule has 3 heterocycles. The number of likely N-dealkylation sites (tertiary alicyclic amines) is 1. The summed E-state index contributed by atoms with van der Waals surface area (Å²) in [6.45, 7) is 8.12. The Bertz CT molecular complexity index is 1150. The van der Waals surface area contributed by atoms with Crippen LogP contribution in [0.2, 0.25) is 0 Å². The minimum atomic E-state index is 0.360. The fraction of sp³-hybridized carbons (Fsp3) is 0.370. The molecule has 1 saturated heterocycles. The Labute approximate surface area is 200 Å². The molecule has 1 N–H and O–H groups in total. The fourth-order valence-electron chi connectivity index (χ4n) is 4.60. The normalized spacial score (nSPS) is 15.0. The zero-order valence-electron chi connectivity index (χ0n) is 19.9.